The molecule has 3 rings (SSSR count). The number of hydrogen-bond acceptors (Lipinski definition) is 3. The van der Waals surface area contributed by atoms with Crippen molar-refractivity contribution in [3.05, 3.63) is 57.4 Å². The van der Waals surface area contributed by atoms with Gasteiger partial charge in [-0.3, -0.25) is 4.98 Å². The molecule has 1 aromatic carbocycles. The number of thiophene rings is 1. The molecular weight excluding hydrogens is 276 g/mol. The van der Waals surface area contributed by atoms with E-state index in [0.29, 0.717) is 0 Å². The summed E-state index contributed by atoms with van der Waals surface area (Å²) >= 11 is 7.84. The lowest BCUT2D eigenvalue weighted by atomic mass is 10.2. The smallest absolute Gasteiger partial charge is 0.0723 e. The van der Waals surface area contributed by atoms with Gasteiger partial charge in [-0.25, -0.2) is 0 Å². The highest BCUT2D eigenvalue weighted by Crippen LogP contribution is 2.26. The summed E-state index contributed by atoms with van der Waals surface area (Å²) in [6.07, 6.45) is 1.82. The van der Waals surface area contributed by atoms with Crippen molar-refractivity contribution in [2.24, 2.45) is 0 Å². The van der Waals surface area contributed by atoms with Crippen molar-refractivity contribution in [2.45, 2.75) is 13.5 Å². The fourth-order valence-electron chi connectivity index (χ4n) is 2.03. The first kappa shape index (κ1) is 12.5. The number of nitrogens with zero attached hydrogens (tertiary/aromatic N) is 1. The second kappa shape index (κ2) is 5.19. The van der Waals surface area contributed by atoms with Crippen LogP contribution in [-0.2, 0) is 6.54 Å². The van der Waals surface area contributed by atoms with Crippen molar-refractivity contribution in [1.29, 1.82) is 0 Å². The zero-order chi connectivity index (χ0) is 13.2. The minimum atomic E-state index is 0.732. The lowest BCUT2D eigenvalue weighted by Crippen LogP contribution is -1.99. The Kier molecular flexibility index (Phi) is 3.40. The van der Waals surface area contributed by atoms with E-state index in [1.54, 1.807) is 11.3 Å². The molecule has 0 saturated heterocycles. The van der Waals surface area contributed by atoms with E-state index >= 15 is 0 Å². The number of aryl methyl sites for hydroxylation is 1. The van der Waals surface area contributed by atoms with Gasteiger partial charge in [0.2, 0.25) is 0 Å². The van der Waals surface area contributed by atoms with Crippen LogP contribution in [0.1, 0.15) is 10.4 Å². The van der Waals surface area contributed by atoms with Crippen LogP contribution in [0.2, 0.25) is 5.02 Å². The molecule has 0 saturated carbocycles. The van der Waals surface area contributed by atoms with E-state index in [2.05, 4.69) is 28.7 Å². The van der Waals surface area contributed by atoms with E-state index < -0.39 is 0 Å². The third-order valence-electron chi connectivity index (χ3n) is 3.11. The molecule has 0 spiro atoms. The van der Waals surface area contributed by atoms with Gasteiger partial charge in [0.15, 0.2) is 0 Å². The minimum absolute atomic E-state index is 0.732. The van der Waals surface area contributed by atoms with Crippen LogP contribution in [0.25, 0.3) is 10.9 Å². The third-order valence-corrected chi connectivity index (χ3v) is 4.37. The van der Waals surface area contributed by atoms with Crippen molar-refractivity contribution in [3.63, 3.8) is 0 Å². The molecule has 19 heavy (non-hydrogen) atoms. The molecule has 1 N–H and O–H groups in total. The summed E-state index contributed by atoms with van der Waals surface area (Å²) < 4.78 is 0. The molecule has 2 heterocycles. The Morgan fingerprint density at radius 1 is 1.26 bits per heavy atom. The molecule has 0 radical (unpaired) electrons. The van der Waals surface area contributed by atoms with Crippen LogP contribution >= 0.6 is 22.9 Å². The van der Waals surface area contributed by atoms with Crippen molar-refractivity contribution in [2.75, 3.05) is 5.32 Å². The second-order valence-corrected chi connectivity index (χ2v) is 5.84. The number of anilines is 1. The van der Waals surface area contributed by atoms with Gasteiger partial charge in [0.25, 0.3) is 0 Å². The monoisotopic (exact) mass is 288 g/mol. The predicted octanol–water partition coefficient (Wildman–Crippen LogP) is 4.87. The average molecular weight is 289 g/mol. The molecule has 0 bridgehead atoms. The standard InChI is InChI=1S/C15H13ClN2S/c1-10-5-7-19-15(10)9-18-14-4-6-17-13-3-2-11(16)8-12(13)14/h2-8H,9H2,1H3,(H,17,18). The summed E-state index contributed by atoms with van der Waals surface area (Å²) in [6, 6.07) is 9.89. The van der Waals surface area contributed by atoms with Gasteiger partial charge in [-0.2, -0.15) is 0 Å². The van der Waals surface area contributed by atoms with E-state index in [-0.39, 0.29) is 0 Å². The Morgan fingerprint density at radius 2 is 2.16 bits per heavy atom. The number of benzene rings is 1. The van der Waals surface area contributed by atoms with E-state index in [4.69, 9.17) is 11.6 Å². The van der Waals surface area contributed by atoms with Gasteiger partial charge in [0, 0.05) is 33.7 Å². The van der Waals surface area contributed by atoms with Crippen LogP contribution in [0.15, 0.2) is 41.9 Å². The first-order valence-corrected chi connectivity index (χ1v) is 7.31. The summed E-state index contributed by atoms with van der Waals surface area (Å²) in [6.45, 7) is 2.96. The van der Waals surface area contributed by atoms with Gasteiger partial charge in [-0.1, -0.05) is 11.6 Å². The lowest BCUT2D eigenvalue weighted by molar-refractivity contribution is 1.17. The fraction of sp³-hybridized carbons (Fsp3) is 0.133. The van der Waals surface area contributed by atoms with Gasteiger partial charge in [0.05, 0.1) is 5.52 Å². The Labute approximate surface area is 121 Å². The number of hydrogen-bond donors (Lipinski definition) is 1. The molecule has 0 amide bonds. The zero-order valence-electron chi connectivity index (χ0n) is 10.5. The number of pyridine rings is 1. The maximum Gasteiger partial charge on any atom is 0.0723 e. The molecule has 4 heteroatoms. The highest BCUT2D eigenvalue weighted by Gasteiger charge is 2.04. The van der Waals surface area contributed by atoms with Gasteiger partial charge in [-0.05, 0) is 48.2 Å². The van der Waals surface area contributed by atoms with Crippen molar-refractivity contribution >= 4 is 39.5 Å². The molecule has 0 unspecified atom stereocenters. The Morgan fingerprint density at radius 3 is 2.95 bits per heavy atom. The van der Waals surface area contributed by atoms with Gasteiger partial charge < -0.3 is 5.32 Å². The van der Waals surface area contributed by atoms with Crippen LogP contribution in [0, 0.1) is 6.92 Å². The summed E-state index contributed by atoms with van der Waals surface area (Å²) in [5.41, 5.74) is 3.35. The fourth-order valence-corrected chi connectivity index (χ4v) is 3.05. The third kappa shape index (κ3) is 2.57. The van der Waals surface area contributed by atoms with Gasteiger partial charge >= 0.3 is 0 Å². The number of nitrogens with one attached hydrogen (secondary N) is 1. The summed E-state index contributed by atoms with van der Waals surface area (Å²) in [7, 11) is 0. The second-order valence-electron chi connectivity index (χ2n) is 4.40. The van der Waals surface area contributed by atoms with Crippen molar-refractivity contribution in [3.8, 4) is 0 Å². The Bertz CT molecular complexity index is 721. The van der Waals surface area contributed by atoms with Crippen LogP contribution in [0.3, 0.4) is 0 Å². The molecule has 2 aromatic heterocycles. The van der Waals surface area contributed by atoms with E-state index in [0.717, 1.165) is 28.2 Å². The minimum Gasteiger partial charge on any atom is -0.380 e. The molecule has 0 aliphatic carbocycles. The van der Waals surface area contributed by atoms with E-state index in [1.165, 1.54) is 10.4 Å². The first-order chi connectivity index (χ1) is 9.24. The quantitative estimate of drug-likeness (QED) is 0.744. The first-order valence-electron chi connectivity index (χ1n) is 6.05. The molecule has 3 aromatic rings. The molecule has 2 nitrogen and oxygen atoms in total. The average Bonchev–Trinajstić information content (AvgIpc) is 2.82. The van der Waals surface area contributed by atoms with Crippen LogP contribution in [0.5, 0.6) is 0 Å². The summed E-state index contributed by atoms with van der Waals surface area (Å²) in [5, 5.41) is 7.38. The van der Waals surface area contributed by atoms with Crippen molar-refractivity contribution < 1.29 is 0 Å². The van der Waals surface area contributed by atoms with E-state index in [9.17, 15) is 0 Å². The Hall–Kier alpha value is -1.58. The molecular formula is C15H13ClN2S. The normalized spacial score (nSPS) is 10.8. The number of aromatic nitrogens is 1. The topological polar surface area (TPSA) is 24.9 Å². The van der Waals surface area contributed by atoms with Crippen LogP contribution in [0.4, 0.5) is 5.69 Å². The van der Waals surface area contributed by atoms with Crippen molar-refractivity contribution in [1.82, 2.24) is 4.98 Å². The van der Waals surface area contributed by atoms with Crippen LogP contribution < -0.4 is 5.32 Å². The SMILES string of the molecule is Cc1ccsc1CNc1ccnc2ccc(Cl)cc12. The molecule has 0 aliphatic heterocycles. The largest absolute Gasteiger partial charge is 0.380 e. The van der Waals surface area contributed by atoms with E-state index in [1.807, 2.05) is 30.5 Å². The maximum atomic E-state index is 6.06. The number of rotatable bonds is 3. The molecule has 96 valence electrons. The maximum absolute atomic E-state index is 6.06. The molecule has 0 aliphatic rings. The predicted molar refractivity (Wildman–Crippen MR) is 83.1 cm³/mol. The highest BCUT2D eigenvalue weighted by molar-refractivity contribution is 7.10. The highest BCUT2D eigenvalue weighted by atomic mass is 35.5. The van der Waals surface area contributed by atoms with Gasteiger partial charge in [-0.15, -0.1) is 11.3 Å². The summed E-state index contributed by atoms with van der Waals surface area (Å²) in [5.74, 6) is 0. The molecule has 0 atom stereocenters. The van der Waals surface area contributed by atoms with Crippen LogP contribution in [-0.4, -0.2) is 4.98 Å². The molecule has 0 fully saturated rings. The lowest BCUT2D eigenvalue weighted by Gasteiger charge is -2.09. The number of halogens is 1. The number of fused-ring (bicyclic) bond motifs is 1. The van der Waals surface area contributed by atoms with Gasteiger partial charge in [0.1, 0.15) is 0 Å². The Balaban J connectivity index is 1.92. The summed E-state index contributed by atoms with van der Waals surface area (Å²) in [4.78, 5) is 5.70. The zero-order valence-corrected chi connectivity index (χ0v) is 12.1.